The lowest BCUT2D eigenvalue weighted by atomic mass is 10.1. The maximum Gasteiger partial charge on any atom is 0.323 e. The first kappa shape index (κ1) is 15.9. The van der Waals surface area contributed by atoms with Gasteiger partial charge in [-0.25, -0.2) is 4.79 Å². The lowest BCUT2D eigenvalue weighted by Crippen LogP contribution is -2.31. The van der Waals surface area contributed by atoms with Crippen molar-refractivity contribution in [3.63, 3.8) is 0 Å². The third-order valence-electron chi connectivity index (χ3n) is 3.98. The summed E-state index contributed by atoms with van der Waals surface area (Å²) < 4.78 is 0. The Balaban J connectivity index is 1.83. The van der Waals surface area contributed by atoms with Gasteiger partial charge in [0.2, 0.25) is 5.91 Å². The number of carbonyl (C=O) groups is 2. The molecule has 3 amide bonds. The van der Waals surface area contributed by atoms with Gasteiger partial charge in [0, 0.05) is 24.8 Å². The third kappa shape index (κ3) is 3.65. The molecule has 5 N–H and O–H groups in total. The number of rotatable bonds is 4. The van der Waals surface area contributed by atoms with Crippen molar-refractivity contribution in [3.8, 4) is 0 Å². The fourth-order valence-electron chi connectivity index (χ4n) is 2.80. The molecule has 126 valence electrons. The Hall–Kier alpha value is -3.03. The molecule has 1 aliphatic rings. The van der Waals surface area contributed by atoms with Crippen molar-refractivity contribution in [1.29, 1.82) is 0 Å². The van der Waals surface area contributed by atoms with Crippen LogP contribution in [0.25, 0.3) is 0 Å². The van der Waals surface area contributed by atoms with Gasteiger partial charge in [-0.1, -0.05) is 0 Å². The standard InChI is InChI=1S/C16H20N6O2/c17-15(23)11-4-5-14(22-6-2-1-3-7-22)13(8-11)21-16(24)20-12-9-18-19-10-12/h4-5,8-10H,1-3,6-7H2,(H2,17,23)(H,18,19)(H2,20,21,24). The highest BCUT2D eigenvalue weighted by molar-refractivity contribution is 6.03. The SMILES string of the molecule is NC(=O)c1ccc(N2CCCCC2)c(NC(=O)Nc2cn[nH]c2)c1. The van der Waals surface area contributed by atoms with Crippen LogP contribution in [0.3, 0.4) is 0 Å². The number of anilines is 3. The Morgan fingerprint density at radius 1 is 1.17 bits per heavy atom. The van der Waals surface area contributed by atoms with Gasteiger partial charge >= 0.3 is 6.03 Å². The molecule has 0 radical (unpaired) electrons. The zero-order chi connectivity index (χ0) is 16.9. The summed E-state index contributed by atoms with van der Waals surface area (Å²) in [6, 6.07) is 4.72. The summed E-state index contributed by atoms with van der Waals surface area (Å²) in [4.78, 5) is 25.9. The van der Waals surface area contributed by atoms with E-state index in [0.717, 1.165) is 31.6 Å². The van der Waals surface area contributed by atoms with Crippen molar-refractivity contribution in [1.82, 2.24) is 10.2 Å². The Morgan fingerprint density at radius 3 is 2.62 bits per heavy atom. The minimum atomic E-state index is -0.529. The van der Waals surface area contributed by atoms with Crippen LogP contribution >= 0.6 is 0 Å². The van der Waals surface area contributed by atoms with Crippen LogP contribution in [0.4, 0.5) is 21.9 Å². The number of amides is 3. The molecular weight excluding hydrogens is 308 g/mol. The molecule has 8 nitrogen and oxygen atoms in total. The van der Waals surface area contributed by atoms with Gasteiger partial charge in [0.25, 0.3) is 0 Å². The molecule has 2 aromatic rings. The highest BCUT2D eigenvalue weighted by Gasteiger charge is 2.17. The van der Waals surface area contributed by atoms with Gasteiger partial charge in [-0.2, -0.15) is 5.10 Å². The number of nitrogens with two attached hydrogens (primary N) is 1. The van der Waals surface area contributed by atoms with Gasteiger partial charge in [-0.3, -0.25) is 9.89 Å². The molecule has 24 heavy (non-hydrogen) atoms. The van der Waals surface area contributed by atoms with E-state index in [-0.39, 0.29) is 0 Å². The number of nitrogens with one attached hydrogen (secondary N) is 3. The second-order valence-corrected chi connectivity index (χ2v) is 5.71. The predicted octanol–water partition coefficient (Wildman–Crippen LogP) is 2.14. The monoisotopic (exact) mass is 328 g/mol. The van der Waals surface area contributed by atoms with Crippen LogP contribution in [-0.2, 0) is 0 Å². The molecule has 0 aliphatic carbocycles. The van der Waals surface area contributed by atoms with E-state index in [4.69, 9.17) is 5.73 Å². The number of aromatic amines is 1. The Bertz CT molecular complexity index is 722. The maximum absolute atomic E-state index is 12.2. The largest absolute Gasteiger partial charge is 0.370 e. The fourth-order valence-corrected chi connectivity index (χ4v) is 2.80. The van der Waals surface area contributed by atoms with Crippen molar-refractivity contribution >= 4 is 29.0 Å². The number of piperidine rings is 1. The van der Waals surface area contributed by atoms with Crippen LogP contribution < -0.4 is 21.3 Å². The van der Waals surface area contributed by atoms with Crippen LogP contribution in [0.15, 0.2) is 30.6 Å². The predicted molar refractivity (Wildman–Crippen MR) is 92.3 cm³/mol. The van der Waals surface area contributed by atoms with Gasteiger partial charge in [0.05, 0.1) is 23.3 Å². The Morgan fingerprint density at radius 2 is 1.96 bits per heavy atom. The number of urea groups is 1. The van der Waals surface area contributed by atoms with E-state index < -0.39 is 11.9 Å². The molecule has 1 aromatic carbocycles. The van der Waals surface area contributed by atoms with Crippen LogP contribution in [0.1, 0.15) is 29.6 Å². The molecule has 3 rings (SSSR count). The highest BCUT2D eigenvalue weighted by Crippen LogP contribution is 2.29. The first-order valence-electron chi connectivity index (χ1n) is 7.89. The summed E-state index contributed by atoms with van der Waals surface area (Å²) >= 11 is 0. The zero-order valence-corrected chi connectivity index (χ0v) is 13.2. The van der Waals surface area contributed by atoms with Crippen molar-refractivity contribution < 1.29 is 9.59 Å². The maximum atomic E-state index is 12.2. The summed E-state index contributed by atoms with van der Waals surface area (Å²) in [5.41, 5.74) is 7.72. The Labute approximate surface area is 139 Å². The number of H-pyrrole nitrogens is 1. The smallest absolute Gasteiger partial charge is 0.323 e. The molecule has 1 fully saturated rings. The summed E-state index contributed by atoms with van der Waals surface area (Å²) in [5, 5.41) is 11.9. The number of nitrogens with zero attached hydrogens (tertiary/aromatic N) is 2. The van der Waals surface area contributed by atoms with Crippen molar-refractivity contribution in [3.05, 3.63) is 36.2 Å². The fraction of sp³-hybridized carbons (Fsp3) is 0.312. The van der Waals surface area contributed by atoms with E-state index in [2.05, 4.69) is 25.7 Å². The van der Waals surface area contributed by atoms with E-state index in [1.54, 1.807) is 18.3 Å². The normalized spacial score (nSPS) is 14.2. The zero-order valence-electron chi connectivity index (χ0n) is 13.2. The molecule has 0 spiro atoms. The second-order valence-electron chi connectivity index (χ2n) is 5.71. The molecule has 2 heterocycles. The first-order valence-corrected chi connectivity index (χ1v) is 7.89. The van der Waals surface area contributed by atoms with Gasteiger partial charge in [-0.15, -0.1) is 0 Å². The van der Waals surface area contributed by atoms with Gasteiger partial charge in [0.15, 0.2) is 0 Å². The number of carbonyl (C=O) groups excluding carboxylic acids is 2. The van der Waals surface area contributed by atoms with Crippen molar-refractivity contribution in [2.45, 2.75) is 19.3 Å². The quantitative estimate of drug-likeness (QED) is 0.688. The van der Waals surface area contributed by atoms with Gasteiger partial charge in [0.1, 0.15) is 0 Å². The molecule has 1 saturated heterocycles. The van der Waals surface area contributed by atoms with Crippen LogP contribution in [0, 0.1) is 0 Å². The van der Waals surface area contributed by atoms with Crippen LogP contribution in [0.5, 0.6) is 0 Å². The summed E-state index contributed by atoms with van der Waals surface area (Å²) in [6.07, 6.45) is 6.51. The number of hydrogen-bond acceptors (Lipinski definition) is 4. The molecule has 0 unspecified atom stereocenters. The topological polar surface area (TPSA) is 116 Å². The molecule has 0 saturated carbocycles. The van der Waals surface area contributed by atoms with E-state index in [0.29, 0.717) is 16.9 Å². The molecule has 8 heteroatoms. The average Bonchev–Trinajstić information content (AvgIpc) is 3.08. The minimum absolute atomic E-state index is 0.356. The van der Waals surface area contributed by atoms with Gasteiger partial charge < -0.3 is 21.3 Å². The van der Waals surface area contributed by atoms with E-state index in [1.807, 2.05) is 6.07 Å². The molecule has 1 aliphatic heterocycles. The van der Waals surface area contributed by atoms with E-state index in [9.17, 15) is 9.59 Å². The Kier molecular flexibility index (Phi) is 4.64. The van der Waals surface area contributed by atoms with Crippen molar-refractivity contribution in [2.75, 3.05) is 28.6 Å². The van der Waals surface area contributed by atoms with Crippen LogP contribution in [-0.4, -0.2) is 35.2 Å². The minimum Gasteiger partial charge on any atom is -0.370 e. The average molecular weight is 328 g/mol. The summed E-state index contributed by atoms with van der Waals surface area (Å²) in [5.74, 6) is -0.529. The van der Waals surface area contributed by atoms with Gasteiger partial charge in [-0.05, 0) is 37.5 Å². The highest BCUT2D eigenvalue weighted by atomic mass is 16.2. The van der Waals surface area contributed by atoms with Crippen molar-refractivity contribution in [2.24, 2.45) is 5.73 Å². The molecular formula is C16H20N6O2. The lowest BCUT2D eigenvalue weighted by molar-refractivity contribution is 0.100. The number of primary amides is 1. The number of hydrogen-bond donors (Lipinski definition) is 4. The molecule has 0 atom stereocenters. The summed E-state index contributed by atoms with van der Waals surface area (Å²) in [6.45, 7) is 1.85. The third-order valence-corrected chi connectivity index (χ3v) is 3.98. The first-order chi connectivity index (χ1) is 11.6. The van der Waals surface area contributed by atoms with E-state index >= 15 is 0 Å². The second kappa shape index (κ2) is 7.03. The number of aromatic nitrogens is 2. The lowest BCUT2D eigenvalue weighted by Gasteiger charge is -2.30. The summed E-state index contributed by atoms with van der Waals surface area (Å²) in [7, 11) is 0. The van der Waals surface area contributed by atoms with Crippen LogP contribution in [0.2, 0.25) is 0 Å². The number of benzene rings is 1. The molecule has 1 aromatic heterocycles. The molecule has 0 bridgehead atoms. The van der Waals surface area contributed by atoms with E-state index in [1.165, 1.54) is 12.6 Å².